The number of rotatable bonds is 6. The SMILES string of the molecule is Cc1ccc(NC(=O)Nc2nnc(COc3ccc([N+](=O)[O-])cc3)s2)cc1C. The number of anilines is 2. The summed E-state index contributed by atoms with van der Waals surface area (Å²) in [5.74, 6) is 0.475. The number of carbonyl (C=O) groups excluding carboxylic acids is 1. The van der Waals surface area contributed by atoms with Gasteiger partial charge in [-0.3, -0.25) is 15.4 Å². The predicted molar refractivity (Wildman–Crippen MR) is 106 cm³/mol. The van der Waals surface area contributed by atoms with Crippen LogP contribution in [-0.4, -0.2) is 21.2 Å². The van der Waals surface area contributed by atoms with Gasteiger partial charge in [0.25, 0.3) is 5.69 Å². The maximum atomic E-state index is 12.1. The molecule has 0 atom stereocenters. The quantitative estimate of drug-likeness (QED) is 0.471. The molecule has 1 heterocycles. The van der Waals surface area contributed by atoms with E-state index in [-0.39, 0.29) is 12.3 Å². The van der Waals surface area contributed by atoms with Gasteiger partial charge in [0.05, 0.1) is 4.92 Å². The molecule has 0 aliphatic heterocycles. The van der Waals surface area contributed by atoms with Crippen molar-refractivity contribution < 1.29 is 14.5 Å². The van der Waals surface area contributed by atoms with E-state index in [2.05, 4.69) is 20.8 Å². The summed E-state index contributed by atoms with van der Waals surface area (Å²) in [5.41, 5.74) is 2.91. The molecule has 0 fully saturated rings. The van der Waals surface area contributed by atoms with Crippen molar-refractivity contribution in [3.63, 3.8) is 0 Å². The van der Waals surface area contributed by atoms with E-state index in [1.807, 2.05) is 32.0 Å². The number of benzene rings is 2. The van der Waals surface area contributed by atoms with Crippen LogP contribution >= 0.6 is 11.3 Å². The number of nitro benzene ring substituents is 1. The lowest BCUT2D eigenvalue weighted by Crippen LogP contribution is -2.19. The zero-order chi connectivity index (χ0) is 20.1. The summed E-state index contributed by atoms with van der Waals surface area (Å²) in [6.07, 6.45) is 0. The Kier molecular flexibility index (Phi) is 5.80. The Morgan fingerprint density at radius 3 is 2.54 bits per heavy atom. The van der Waals surface area contributed by atoms with Crippen LogP contribution in [0.25, 0.3) is 0 Å². The van der Waals surface area contributed by atoms with Gasteiger partial charge in [-0.2, -0.15) is 0 Å². The van der Waals surface area contributed by atoms with Crippen molar-refractivity contribution in [2.24, 2.45) is 0 Å². The van der Waals surface area contributed by atoms with Crippen LogP contribution in [0.5, 0.6) is 5.75 Å². The number of hydrogen-bond acceptors (Lipinski definition) is 7. The topological polar surface area (TPSA) is 119 Å². The van der Waals surface area contributed by atoms with E-state index >= 15 is 0 Å². The summed E-state index contributed by atoms with van der Waals surface area (Å²) < 4.78 is 5.52. The zero-order valence-electron chi connectivity index (χ0n) is 15.1. The summed E-state index contributed by atoms with van der Waals surface area (Å²) >= 11 is 1.18. The molecule has 0 aliphatic rings. The fourth-order valence-corrected chi connectivity index (χ4v) is 2.90. The first-order valence-corrected chi connectivity index (χ1v) is 9.07. The number of nitrogens with zero attached hydrogens (tertiary/aromatic N) is 3. The van der Waals surface area contributed by atoms with Gasteiger partial charge in [-0.1, -0.05) is 17.4 Å². The van der Waals surface area contributed by atoms with Crippen LogP contribution in [-0.2, 0) is 6.61 Å². The maximum absolute atomic E-state index is 12.1. The second kappa shape index (κ2) is 8.44. The number of ether oxygens (including phenoxy) is 1. The van der Waals surface area contributed by atoms with Crippen molar-refractivity contribution in [3.05, 3.63) is 68.7 Å². The van der Waals surface area contributed by atoms with Gasteiger partial charge < -0.3 is 10.1 Å². The zero-order valence-corrected chi connectivity index (χ0v) is 15.9. The third kappa shape index (κ3) is 5.01. The lowest BCUT2D eigenvalue weighted by molar-refractivity contribution is -0.384. The number of nitrogens with one attached hydrogen (secondary N) is 2. The summed E-state index contributed by atoms with van der Waals surface area (Å²) in [7, 11) is 0. The van der Waals surface area contributed by atoms with E-state index in [4.69, 9.17) is 4.74 Å². The molecule has 0 unspecified atom stereocenters. The molecule has 0 saturated carbocycles. The molecule has 0 aliphatic carbocycles. The molecule has 2 aromatic carbocycles. The van der Waals surface area contributed by atoms with Gasteiger partial charge >= 0.3 is 6.03 Å². The standard InChI is InChI=1S/C18H17N5O4S/c1-11-3-4-13(9-12(11)2)19-17(24)20-18-22-21-16(28-18)10-27-15-7-5-14(6-8-15)23(25)26/h3-9H,10H2,1-2H3,(H2,19,20,22,24). The van der Waals surface area contributed by atoms with Crippen LogP contribution in [0.1, 0.15) is 16.1 Å². The monoisotopic (exact) mass is 399 g/mol. The molecule has 2 N–H and O–H groups in total. The summed E-state index contributed by atoms with van der Waals surface area (Å²) in [4.78, 5) is 22.2. The van der Waals surface area contributed by atoms with Gasteiger partial charge in [-0.15, -0.1) is 10.2 Å². The average molecular weight is 399 g/mol. The number of urea groups is 1. The lowest BCUT2D eigenvalue weighted by atomic mass is 10.1. The van der Waals surface area contributed by atoms with Crippen molar-refractivity contribution >= 4 is 33.9 Å². The van der Waals surface area contributed by atoms with Crippen molar-refractivity contribution in [3.8, 4) is 5.75 Å². The van der Waals surface area contributed by atoms with Crippen LogP contribution in [0.3, 0.4) is 0 Å². The second-order valence-electron chi connectivity index (χ2n) is 5.92. The minimum absolute atomic E-state index is 0.00969. The molecular weight excluding hydrogens is 382 g/mol. The first-order chi connectivity index (χ1) is 13.4. The molecule has 0 bridgehead atoms. The Morgan fingerprint density at radius 1 is 1.11 bits per heavy atom. The number of hydrogen-bond donors (Lipinski definition) is 2. The van der Waals surface area contributed by atoms with E-state index in [1.54, 1.807) is 0 Å². The molecule has 3 rings (SSSR count). The van der Waals surface area contributed by atoms with Crippen LogP contribution in [0.4, 0.5) is 21.3 Å². The van der Waals surface area contributed by atoms with Gasteiger partial charge in [-0.05, 0) is 49.2 Å². The smallest absolute Gasteiger partial charge is 0.325 e. The third-order valence-corrected chi connectivity index (χ3v) is 4.67. The van der Waals surface area contributed by atoms with Gasteiger partial charge in [0.1, 0.15) is 12.4 Å². The highest BCUT2D eigenvalue weighted by Gasteiger charge is 2.10. The number of aryl methyl sites for hydroxylation is 2. The molecule has 1 aromatic heterocycles. The number of non-ortho nitro benzene ring substituents is 1. The van der Waals surface area contributed by atoms with Gasteiger partial charge in [0, 0.05) is 17.8 Å². The Bertz CT molecular complexity index is 1000. The Hall–Kier alpha value is -3.53. The normalized spacial score (nSPS) is 10.4. The molecule has 9 nitrogen and oxygen atoms in total. The van der Waals surface area contributed by atoms with Crippen LogP contribution in [0.15, 0.2) is 42.5 Å². The predicted octanol–water partition coefficient (Wildman–Crippen LogP) is 4.29. The first-order valence-electron chi connectivity index (χ1n) is 8.25. The average Bonchev–Trinajstić information content (AvgIpc) is 3.10. The van der Waals surface area contributed by atoms with Crippen molar-refractivity contribution in [2.75, 3.05) is 10.6 Å². The summed E-state index contributed by atoms with van der Waals surface area (Å²) in [6.45, 7) is 4.11. The van der Waals surface area contributed by atoms with E-state index in [9.17, 15) is 14.9 Å². The first kappa shape index (κ1) is 19.2. The molecule has 0 spiro atoms. The van der Waals surface area contributed by atoms with Crippen LogP contribution in [0, 0.1) is 24.0 Å². The fourth-order valence-electron chi connectivity index (χ4n) is 2.25. The number of amides is 2. The van der Waals surface area contributed by atoms with Crippen LogP contribution in [0.2, 0.25) is 0 Å². The highest BCUT2D eigenvalue weighted by atomic mass is 32.1. The minimum Gasteiger partial charge on any atom is -0.486 e. The van der Waals surface area contributed by atoms with Gasteiger partial charge in [-0.25, -0.2) is 4.79 Å². The third-order valence-electron chi connectivity index (χ3n) is 3.86. The summed E-state index contributed by atoms with van der Waals surface area (Å²) in [5, 5.41) is 24.8. The number of nitro groups is 1. The molecule has 3 aromatic rings. The molecule has 2 amide bonds. The molecule has 0 saturated heterocycles. The van der Waals surface area contributed by atoms with Gasteiger partial charge in [0.15, 0.2) is 5.01 Å². The molecule has 28 heavy (non-hydrogen) atoms. The van der Waals surface area contributed by atoms with Crippen LogP contribution < -0.4 is 15.4 Å². The minimum atomic E-state index is -0.477. The molecule has 0 radical (unpaired) electrons. The molecule has 144 valence electrons. The second-order valence-corrected chi connectivity index (χ2v) is 6.98. The molecular formula is C18H17N5O4S. The highest BCUT2D eigenvalue weighted by Crippen LogP contribution is 2.21. The van der Waals surface area contributed by atoms with E-state index in [0.29, 0.717) is 21.6 Å². The van der Waals surface area contributed by atoms with E-state index in [1.165, 1.54) is 35.6 Å². The highest BCUT2D eigenvalue weighted by molar-refractivity contribution is 7.15. The molecule has 10 heteroatoms. The Balaban J connectivity index is 1.52. The Morgan fingerprint density at radius 2 is 1.86 bits per heavy atom. The van der Waals surface area contributed by atoms with E-state index in [0.717, 1.165) is 11.1 Å². The Labute approximate surface area is 164 Å². The van der Waals surface area contributed by atoms with Gasteiger partial charge in [0.2, 0.25) is 5.13 Å². The largest absolute Gasteiger partial charge is 0.486 e. The van der Waals surface area contributed by atoms with E-state index < -0.39 is 11.0 Å². The number of aromatic nitrogens is 2. The van der Waals surface area contributed by atoms with Crippen molar-refractivity contribution in [1.82, 2.24) is 10.2 Å². The maximum Gasteiger partial charge on any atom is 0.325 e. The lowest BCUT2D eigenvalue weighted by Gasteiger charge is -2.07. The fraction of sp³-hybridized carbons (Fsp3) is 0.167. The van der Waals surface area contributed by atoms with Crippen molar-refractivity contribution in [1.29, 1.82) is 0 Å². The number of carbonyl (C=O) groups is 1. The van der Waals surface area contributed by atoms with Crippen molar-refractivity contribution in [2.45, 2.75) is 20.5 Å². The summed E-state index contributed by atoms with van der Waals surface area (Å²) in [6, 6.07) is 11.0.